The lowest BCUT2D eigenvalue weighted by Gasteiger charge is -2.02. The Morgan fingerprint density at radius 3 is 3.00 bits per heavy atom. The van der Waals surface area contributed by atoms with Gasteiger partial charge in [-0.3, -0.25) is 0 Å². The summed E-state index contributed by atoms with van der Waals surface area (Å²) in [6.07, 6.45) is 3.64. The van der Waals surface area contributed by atoms with Gasteiger partial charge in [-0.2, -0.15) is 0 Å². The first-order chi connectivity index (χ1) is 6.86. The van der Waals surface area contributed by atoms with E-state index in [9.17, 15) is 0 Å². The molecule has 1 heterocycles. The number of nitrogens with zero attached hydrogens (tertiary/aromatic N) is 2. The summed E-state index contributed by atoms with van der Waals surface area (Å²) < 4.78 is 0. The van der Waals surface area contributed by atoms with Crippen LogP contribution in [-0.4, -0.2) is 9.97 Å². The van der Waals surface area contributed by atoms with Gasteiger partial charge in [0.2, 0.25) is 0 Å². The lowest BCUT2D eigenvalue weighted by molar-refractivity contribution is 0.892. The molecule has 0 atom stereocenters. The second-order valence-corrected chi connectivity index (χ2v) is 3.75. The highest BCUT2D eigenvalue weighted by atomic mass is 14.9. The van der Waals surface area contributed by atoms with Crippen LogP contribution in [0.1, 0.15) is 18.4 Å². The molecule has 1 aromatic carbocycles. The molecule has 1 saturated carbocycles. The van der Waals surface area contributed by atoms with Gasteiger partial charge >= 0.3 is 0 Å². The van der Waals surface area contributed by atoms with Gasteiger partial charge in [0.1, 0.15) is 0 Å². The molecule has 14 heavy (non-hydrogen) atoms. The Morgan fingerprint density at radius 1 is 1.43 bits per heavy atom. The van der Waals surface area contributed by atoms with Crippen LogP contribution in [0.4, 0.5) is 0 Å². The van der Waals surface area contributed by atoms with E-state index in [0.29, 0.717) is 0 Å². The number of fused-ring (bicyclic) bond motifs is 1. The highest BCUT2D eigenvalue weighted by Gasteiger charge is 2.53. The molecule has 68 valence electrons. The average molecular weight is 183 g/mol. The first-order valence-electron chi connectivity index (χ1n) is 4.67. The van der Waals surface area contributed by atoms with E-state index in [1.165, 1.54) is 0 Å². The van der Waals surface area contributed by atoms with Crippen molar-refractivity contribution in [3.63, 3.8) is 0 Å². The van der Waals surface area contributed by atoms with Crippen molar-refractivity contribution in [1.82, 2.24) is 9.97 Å². The Kier molecular flexibility index (Phi) is 1.27. The van der Waals surface area contributed by atoms with Gasteiger partial charge in [0.15, 0.2) is 0 Å². The predicted octanol–water partition coefficient (Wildman–Crippen LogP) is 2.47. The van der Waals surface area contributed by atoms with Crippen LogP contribution >= 0.6 is 0 Å². The number of hydrogen-bond acceptors (Lipinski definition) is 1. The van der Waals surface area contributed by atoms with Gasteiger partial charge in [0, 0.05) is 12.8 Å². The van der Waals surface area contributed by atoms with Crippen molar-refractivity contribution in [2.45, 2.75) is 18.4 Å². The number of benzene rings is 1. The largest absolute Gasteiger partial charge is 0.345 e. The van der Waals surface area contributed by atoms with Gasteiger partial charge in [0.05, 0.1) is 22.9 Å². The minimum atomic E-state index is -0.255. The topological polar surface area (TPSA) is 33.0 Å². The van der Waals surface area contributed by atoms with Crippen molar-refractivity contribution in [2.75, 3.05) is 0 Å². The van der Waals surface area contributed by atoms with Crippen LogP contribution < -0.4 is 0 Å². The third kappa shape index (κ3) is 0.828. The maximum absolute atomic E-state index is 7.22. The molecule has 0 spiro atoms. The summed E-state index contributed by atoms with van der Waals surface area (Å²) in [6, 6.07) is 6.00. The van der Waals surface area contributed by atoms with E-state index >= 15 is 0 Å². The zero-order chi connectivity index (χ0) is 9.60. The number of aromatic nitrogens is 2. The van der Waals surface area contributed by atoms with Crippen molar-refractivity contribution in [3.05, 3.63) is 41.5 Å². The van der Waals surface area contributed by atoms with E-state index in [1.54, 1.807) is 6.33 Å². The van der Waals surface area contributed by atoms with Gasteiger partial charge in [-0.1, -0.05) is 6.07 Å². The second-order valence-electron chi connectivity index (χ2n) is 3.75. The van der Waals surface area contributed by atoms with Gasteiger partial charge in [0.25, 0.3) is 5.54 Å². The summed E-state index contributed by atoms with van der Waals surface area (Å²) in [5.74, 6) is 0. The van der Waals surface area contributed by atoms with Crippen LogP contribution in [0.2, 0.25) is 0 Å². The number of rotatable bonds is 1. The van der Waals surface area contributed by atoms with E-state index < -0.39 is 0 Å². The Morgan fingerprint density at radius 2 is 2.29 bits per heavy atom. The summed E-state index contributed by atoms with van der Waals surface area (Å²) >= 11 is 0. The number of H-pyrrole nitrogens is 1. The van der Waals surface area contributed by atoms with Crippen LogP contribution in [0.25, 0.3) is 15.9 Å². The average Bonchev–Trinajstić information content (AvgIpc) is 2.87. The fourth-order valence-electron chi connectivity index (χ4n) is 1.90. The van der Waals surface area contributed by atoms with Crippen molar-refractivity contribution in [2.24, 2.45) is 0 Å². The predicted molar refractivity (Wildman–Crippen MR) is 53.6 cm³/mol. The summed E-state index contributed by atoms with van der Waals surface area (Å²) in [6.45, 7) is 7.22. The zero-order valence-electron chi connectivity index (χ0n) is 7.62. The summed E-state index contributed by atoms with van der Waals surface area (Å²) in [5.41, 5.74) is 2.82. The highest BCUT2D eigenvalue weighted by molar-refractivity contribution is 5.80. The molecule has 1 aromatic heterocycles. The molecular weight excluding hydrogens is 174 g/mol. The third-order valence-corrected chi connectivity index (χ3v) is 2.89. The fraction of sp³-hybridized carbons (Fsp3) is 0.273. The molecular formula is C11H9N3. The zero-order valence-corrected chi connectivity index (χ0v) is 7.62. The van der Waals surface area contributed by atoms with E-state index in [4.69, 9.17) is 6.57 Å². The molecule has 0 unspecified atom stereocenters. The van der Waals surface area contributed by atoms with Crippen LogP contribution in [0.5, 0.6) is 0 Å². The molecule has 3 heteroatoms. The monoisotopic (exact) mass is 183 g/mol. The van der Waals surface area contributed by atoms with Crippen molar-refractivity contribution < 1.29 is 0 Å². The standard InChI is InChI=1S/C11H9N3/c1-12-11(5-6-11)8-3-2-4-9-10(8)14-7-13-9/h2-4,7H,5-6H2,(H,13,14). The molecule has 1 aliphatic rings. The maximum Gasteiger partial charge on any atom is 0.260 e. The van der Waals surface area contributed by atoms with Crippen molar-refractivity contribution in [1.29, 1.82) is 0 Å². The first kappa shape index (κ1) is 7.57. The normalized spacial score (nSPS) is 17.9. The van der Waals surface area contributed by atoms with Crippen LogP contribution in [-0.2, 0) is 5.54 Å². The molecule has 0 aliphatic heterocycles. The SMILES string of the molecule is [C-]#[N+]C1(c2cccc3[nH]cnc23)CC1. The Labute approximate surface area is 81.6 Å². The van der Waals surface area contributed by atoms with Crippen LogP contribution in [0.15, 0.2) is 24.5 Å². The number of imidazole rings is 1. The lowest BCUT2D eigenvalue weighted by Crippen LogP contribution is -2.00. The molecule has 0 radical (unpaired) electrons. The molecule has 3 rings (SSSR count). The summed E-state index contributed by atoms with van der Waals surface area (Å²) in [7, 11) is 0. The Hall–Kier alpha value is -1.82. The van der Waals surface area contributed by atoms with E-state index in [2.05, 4.69) is 14.8 Å². The molecule has 3 nitrogen and oxygen atoms in total. The Balaban J connectivity index is 2.32. The van der Waals surface area contributed by atoms with E-state index in [1.807, 2.05) is 18.2 Å². The van der Waals surface area contributed by atoms with Crippen molar-refractivity contribution >= 4 is 11.0 Å². The molecule has 1 aliphatic carbocycles. The summed E-state index contributed by atoms with van der Waals surface area (Å²) in [5, 5.41) is 0. The number of aromatic amines is 1. The molecule has 1 fully saturated rings. The minimum absolute atomic E-state index is 0.255. The van der Waals surface area contributed by atoms with Crippen LogP contribution in [0, 0.1) is 6.57 Å². The first-order valence-corrected chi connectivity index (χ1v) is 4.67. The third-order valence-electron chi connectivity index (χ3n) is 2.89. The van der Waals surface area contributed by atoms with Gasteiger partial charge in [-0.15, -0.1) is 0 Å². The second kappa shape index (κ2) is 2.36. The van der Waals surface area contributed by atoms with Crippen LogP contribution in [0.3, 0.4) is 0 Å². The van der Waals surface area contributed by atoms with E-state index in [-0.39, 0.29) is 5.54 Å². The van der Waals surface area contributed by atoms with Gasteiger partial charge < -0.3 is 9.83 Å². The highest BCUT2D eigenvalue weighted by Crippen LogP contribution is 2.51. The quantitative estimate of drug-likeness (QED) is 0.677. The van der Waals surface area contributed by atoms with Gasteiger partial charge in [-0.25, -0.2) is 11.6 Å². The van der Waals surface area contributed by atoms with Crippen molar-refractivity contribution in [3.8, 4) is 0 Å². The molecule has 2 aromatic rings. The minimum Gasteiger partial charge on any atom is -0.345 e. The fourth-order valence-corrected chi connectivity index (χ4v) is 1.90. The molecule has 0 bridgehead atoms. The Bertz CT molecular complexity index is 529. The number of para-hydroxylation sites is 1. The summed E-state index contributed by atoms with van der Waals surface area (Å²) in [4.78, 5) is 11.1. The number of hydrogen-bond donors (Lipinski definition) is 1. The maximum atomic E-state index is 7.22. The lowest BCUT2D eigenvalue weighted by atomic mass is 10.0. The number of nitrogens with one attached hydrogen (secondary N) is 1. The molecule has 0 amide bonds. The molecule has 0 saturated heterocycles. The smallest absolute Gasteiger partial charge is 0.260 e. The molecule has 1 N–H and O–H groups in total. The van der Waals surface area contributed by atoms with Gasteiger partial charge in [-0.05, 0) is 12.1 Å². The van der Waals surface area contributed by atoms with E-state index in [0.717, 1.165) is 29.4 Å².